The number of nitrogens with one attached hydrogen (secondary N) is 1. The van der Waals surface area contributed by atoms with Gasteiger partial charge in [-0.2, -0.15) is 26.3 Å². The summed E-state index contributed by atoms with van der Waals surface area (Å²) in [5, 5.41) is 3.30. The van der Waals surface area contributed by atoms with E-state index < -0.39 is 29.5 Å². The average molecular weight is 641 g/mol. The fourth-order valence-electron chi connectivity index (χ4n) is 6.07. The third-order valence-electron chi connectivity index (χ3n) is 8.51. The van der Waals surface area contributed by atoms with Gasteiger partial charge in [-0.25, -0.2) is 4.98 Å². The van der Waals surface area contributed by atoms with Crippen LogP contribution < -0.4 is 5.32 Å². The number of hydrogen-bond acceptors (Lipinski definition) is 4. The first-order chi connectivity index (χ1) is 22.0. The molecule has 0 amide bonds. The highest BCUT2D eigenvalue weighted by Gasteiger charge is 2.37. The lowest BCUT2D eigenvalue weighted by atomic mass is 9.96. The summed E-state index contributed by atoms with van der Waals surface area (Å²) in [6.07, 6.45) is -8.36. The van der Waals surface area contributed by atoms with Crippen molar-refractivity contribution < 1.29 is 26.3 Å². The predicted molar refractivity (Wildman–Crippen MR) is 168 cm³/mol. The van der Waals surface area contributed by atoms with E-state index in [0.717, 1.165) is 63.4 Å². The van der Waals surface area contributed by atoms with Crippen LogP contribution in [-0.2, 0) is 12.4 Å². The van der Waals surface area contributed by atoms with E-state index in [2.05, 4.69) is 68.6 Å². The zero-order valence-corrected chi connectivity index (χ0v) is 25.7. The summed E-state index contributed by atoms with van der Waals surface area (Å²) in [6, 6.07) is 28.1. The first kappa shape index (κ1) is 33.6. The highest BCUT2D eigenvalue weighted by atomic mass is 19.4. The summed E-state index contributed by atoms with van der Waals surface area (Å²) in [7, 11) is 0. The smallest absolute Gasteiger partial charge is 0.316 e. The van der Waals surface area contributed by atoms with Crippen molar-refractivity contribution in [3.63, 3.8) is 0 Å². The molecule has 4 nitrogen and oxygen atoms in total. The summed E-state index contributed by atoms with van der Waals surface area (Å²) in [4.78, 5) is 8.80. The van der Waals surface area contributed by atoms with Crippen molar-refractivity contribution in [3.8, 4) is 11.3 Å². The zero-order chi connectivity index (χ0) is 32.7. The molecule has 10 heteroatoms. The lowest BCUT2D eigenvalue weighted by molar-refractivity contribution is -0.142. The fourth-order valence-corrected chi connectivity index (χ4v) is 6.07. The third-order valence-corrected chi connectivity index (χ3v) is 8.51. The molecule has 0 saturated carbocycles. The van der Waals surface area contributed by atoms with Crippen LogP contribution in [-0.4, -0.2) is 60.6 Å². The number of aromatic nitrogens is 1. The predicted octanol–water partition coefficient (Wildman–Crippen LogP) is 8.28. The second-order valence-corrected chi connectivity index (χ2v) is 11.8. The van der Waals surface area contributed by atoms with Gasteiger partial charge in [0, 0.05) is 38.3 Å². The molecule has 1 aliphatic heterocycles. The van der Waals surface area contributed by atoms with Crippen molar-refractivity contribution in [3.05, 3.63) is 125 Å². The minimum absolute atomic E-state index is 0.0242. The second kappa shape index (κ2) is 14.8. The molecule has 244 valence electrons. The van der Waals surface area contributed by atoms with Crippen LogP contribution in [0.1, 0.15) is 53.3 Å². The first-order valence-electron chi connectivity index (χ1n) is 15.5. The van der Waals surface area contributed by atoms with Gasteiger partial charge >= 0.3 is 12.4 Å². The number of hydrogen-bond donors (Lipinski definition) is 1. The summed E-state index contributed by atoms with van der Waals surface area (Å²) >= 11 is 0. The molecule has 1 atom stereocenters. The van der Waals surface area contributed by atoms with E-state index in [1.54, 1.807) is 6.92 Å². The Balaban J connectivity index is 1.11. The molecular formula is C36H38F6N4. The Morgan fingerprint density at radius 2 is 1.30 bits per heavy atom. The van der Waals surface area contributed by atoms with Gasteiger partial charge in [0.1, 0.15) is 5.69 Å². The molecule has 1 unspecified atom stereocenters. The van der Waals surface area contributed by atoms with E-state index in [9.17, 15) is 26.3 Å². The van der Waals surface area contributed by atoms with Crippen LogP contribution >= 0.6 is 0 Å². The van der Waals surface area contributed by atoms with Gasteiger partial charge in [0.2, 0.25) is 0 Å². The summed E-state index contributed by atoms with van der Waals surface area (Å²) in [6.45, 7) is 7.38. The molecular weight excluding hydrogens is 602 g/mol. The molecule has 46 heavy (non-hydrogen) atoms. The van der Waals surface area contributed by atoms with E-state index in [-0.39, 0.29) is 22.9 Å². The van der Waals surface area contributed by atoms with Crippen LogP contribution in [0.3, 0.4) is 0 Å². The second-order valence-electron chi connectivity index (χ2n) is 11.8. The molecule has 0 radical (unpaired) electrons. The number of alkyl halides is 6. The Kier molecular flexibility index (Phi) is 10.8. The molecule has 5 rings (SSSR count). The average Bonchev–Trinajstić information content (AvgIpc) is 3.05. The number of benzene rings is 3. The highest BCUT2D eigenvalue weighted by Crippen LogP contribution is 2.36. The quantitative estimate of drug-likeness (QED) is 0.132. The van der Waals surface area contributed by atoms with Gasteiger partial charge in [-0.1, -0.05) is 85.8 Å². The maximum absolute atomic E-state index is 14.0. The Labute approximate surface area is 266 Å². The van der Waals surface area contributed by atoms with Gasteiger partial charge in [0.15, 0.2) is 0 Å². The SMILES string of the molecule is CC(CNCCCN1CCN(C(c2ccccc2)c2ccccc2)CC1)c1ccc(-c2ccc(C(F)(F)F)cc2)nc1C(F)(F)F. The molecule has 1 aliphatic rings. The molecule has 2 heterocycles. The Morgan fingerprint density at radius 3 is 1.85 bits per heavy atom. The van der Waals surface area contributed by atoms with Gasteiger partial charge in [-0.15, -0.1) is 0 Å². The van der Waals surface area contributed by atoms with Crippen LogP contribution in [0, 0.1) is 0 Å². The Morgan fingerprint density at radius 1 is 0.717 bits per heavy atom. The van der Waals surface area contributed by atoms with E-state index in [1.165, 1.54) is 23.3 Å². The molecule has 1 aromatic heterocycles. The van der Waals surface area contributed by atoms with Crippen LogP contribution in [0.5, 0.6) is 0 Å². The Bertz CT molecular complexity index is 1480. The zero-order valence-electron chi connectivity index (χ0n) is 25.7. The van der Waals surface area contributed by atoms with E-state index in [0.29, 0.717) is 13.1 Å². The van der Waals surface area contributed by atoms with Gasteiger partial charge in [-0.3, -0.25) is 4.90 Å². The minimum Gasteiger partial charge on any atom is -0.316 e. The van der Waals surface area contributed by atoms with Crippen LogP contribution in [0.15, 0.2) is 97.1 Å². The fraction of sp³-hybridized carbons (Fsp3) is 0.361. The van der Waals surface area contributed by atoms with Crippen LogP contribution in [0.25, 0.3) is 11.3 Å². The topological polar surface area (TPSA) is 31.4 Å². The molecule has 0 bridgehead atoms. The maximum Gasteiger partial charge on any atom is 0.433 e. The number of piperazine rings is 1. The lowest BCUT2D eigenvalue weighted by Crippen LogP contribution is -2.48. The maximum atomic E-state index is 14.0. The van der Waals surface area contributed by atoms with E-state index >= 15 is 0 Å². The monoisotopic (exact) mass is 640 g/mol. The summed E-state index contributed by atoms with van der Waals surface area (Å²) in [5.74, 6) is -0.470. The van der Waals surface area contributed by atoms with Crippen LogP contribution in [0.2, 0.25) is 0 Å². The van der Waals surface area contributed by atoms with Gasteiger partial charge in [0.25, 0.3) is 0 Å². The van der Waals surface area contributed by atoms with Crippen molar-refractivity contribution in [2.75, 3.05) is 45.8 Å². The molecule has 4 aromatic rings. The van der Waals surface area contributed by atoms with Gasteiger partial charge < -0.3 is 10.2 Å². The molecule has 1 N–H and O–H groups in total. The largest absolute Gasteiger partial charge is 0.433 e. The lowest BCUT2D eigenvalue weighted by Gasteiger charge is -2.40. The Hall–Kier alpha value is -3.73. The number of rotatable bonds is 11. The van der Waals surface area contributed by atoms with E-state index in [1.807, 2.05) is 12.1 Å². The van der Waals surface area contributed by atoms with Crippen molar-refractivity contribution >= 4 is 0 Å². The highest BCUT2D eigenvalue weighted by molar-refractivity contribution is 5.60. The standard InChI is InChI=1S/C36H38F6N4/c1-26(31-17-18-32(44-34(31)36(40,41)42)27-13-15-30(16-14-27)35(37,38)39)25-43-19-8-20-45-21-23-46(24-22-45)33(28-9-4-2-5-10-28)29-11-6-3-7-12-29/h2-7,9-18,26,33,43H,8,19-25H2,1H3. The van der Waals surface area contributed by atoms with Crippen molar-refractivity contribution in [1.29, 1.82) is 0 Å². The van der Waals surface area contributed by atoms with Crippen molar-refractivity contribution in [2.45, 2.75) is 37.7 Å². The minimum atomic E-state index is -4.70. The molecule has 1 saturated heterocycles. The molecule has 0 spiro atoms. The molecule has 0 aliphatic carbocycles. The third kappa shape index (κ3) is 8.54. The van der Waals surface area contributed by atoms with Gasteiger partial charge in [0.05, 0.1) is 17.3 Å². The van der Waals surface area contributed by atoms with Crippen molar-refractivity contribution in [2.24, 2.45) is 0 Å². The van der Waals surface area contributed by atoms with E-state index in [4.69, 9.17) is 0 Å². The molecule has 3 aromatic carbocycles. The number of nitrogens with zero attached hydrogens (tertiary/aromatic N) is 3. The molecule has 1 fully saturated rings. The number of pyridine rings is 1. The summed E-state index contributed by atoms with van der Waals surface area (Å²) in [5.41, 5.74) is 0.888. The first-order valence-corrected chi connectivity index (χ1v) is 15.5. The number of halogens is 6. The van der Waals surface area contributed by atoms with Crippen molar-refractivity contribution in [1.82, 2.24) is 20.1 Å². The van der Waals surface area contributed by atoms with Crippen LogP contribution in [0.4, 0.5) is 26.3 Å². The summed E-state index contributed by atoms with van der Waals surface area (Å²) < 4.78 is 80.7. The normalized spacial score (nSPS) is 15.7. The van der Waals surface area contributed by atoms with Gasteiger partial charge in [-0.05, 0) is 60.3 Å².